The van der Waals surface area contributed by atoms with Gasteiger partial charge in [0.15, 0.2) is 0 Å². The molecule has 1 aliphatic heterocycles. The van der Waals surface area contributed by atoms with Gasteiger partial charge in [0, 0.05) is 6.42 Å². The quantitative estimate of drug-likeness (QED) is 0.586. The number of nitriles is 1. The molecule has 12 heavy (non-hydrogen) atoms. The fourth-order valence-electron chi connectivity index (χ4n) is 1.93. The Morgan fingerprint density at radius 1 is 1.42 bits per heavy atom. The van der Waals surface area contributed by atoms with Crippen LogP contribution in [0.25, 0.3) is 0 Å². The topological polar surface area (TPSA) is 36.3 Å². The first-order valence-electron chi connectivity index (χ1n) is 4.19. The Morgan fingerprint density at radius 2 is 2.00 bits per heavy atom. The van der Waals surface area contributed by atoms with Gasteiger partial charge in [0.25, 0.3) is 0 Å². The Kier molecular flexibility index (Phi) is 2.15. The molecule has 0 radical (unpaired) electrons. The molecule has 1 unspecified atom stereocenters. The summed E-state index contributed by atoms with van der Waals surface area (Å²) in [6.45, 7) is 4.63. The fourth-order valence-corrected chi connectivity index (χ4v) is 1.93. The van der Waals surface area contributed by atoms with Crippen LogP contribution in [0.15, 0.2) is 0 Å². The van der Waals surface area contributed by atoms with Crippen molar-refractivity contribution in [3.63, 3.8) is 0 Å². The third kappa shape index (κ3) is 1.03. The minimum Gasteiger partial charge on any atom is -0.372 e. The van der Waals surface area contributed by atoms with Gasteiger partial charge in [0.2, 0.25) is 0 Å². The Bertz CT molecular complexity index is 217. The highest BCUT2D eigenvalue weighted by Crippen LogP contribution is 2.38. The van der Waals surface area contributed by atoms with Gasteiger partial charge in [0.1, 0.15) is 5.54 Å². The van der Waals surface area contributed by atoms with Crippen LogP contribution < -0.4 is 0 Å². The van der Waals surface area contributed by atoms with Gasteiger partial charge in [-0.05, 0) is 27.9 Å². The van der Waals surface area contributed by atoms with Crippen LogP contribution in [0.2, 0.25) is 0 Å². The summed E-state index contributed by atoms with van der Waals surface area (Å²) in [6.07, 6.45) is 0.795. The molecule has 0 aromatic heterocycles. The summed E-state index contributed by atoms with van der Waals surface area (Å²) in [4.78, 5) is 1.96. The second-order valence-electron chi connectivity index (χ2n) is 3.98. The molecule has 0 aromatic carbocycles. The van der Waals surface area contributed by atoms with Gasteiger partial charge in [-0.1, -0.05) is 0 Å². The van der Waals surface area contributed by atoms with Gasteiger partial charge >= 0.3 is 0 Å². The van der Waals surface area contributed by atoms with Crippen molar-refractivity contribution in [2.45, 2.75) is 31.4 Å². The smallest absolute Gasteiger partial charge is 0.139 e. The van der Waals surface area contributed by atoms with Gasteiger partial charge in [-0.15, -0.1) is 0 Å². The monoisotopic (exact) mass is 168 g/mol. The van der Waals surface area contributed by atoms with Crippen molar-refractivity contribution in [1.29, 1.82) is 5.26 Å². The Labute approximate surface area is 73.9 Å². The molecule has 1 fully saturated rings. The molecule has 3 nitrogen and oxygen atoms in total. The molecule has 0 amide bonds. The number of ether oxygens (including phenoxy) is 1. The predicted molar refractivity (Wildman–Crippen MR) is 46.7 cm³/mol. The zero-order valence-electron chi connectivity index (χ0n) is 8.22. The highest BCUT2D eigenvalue weighted by Gasteiger charge is 2.52. The molecule has 0 saturated carbocycles. The summed E-state index contributed by atoms with van der Waals surface area (Å²) in [5.41, 5.74) is -0.807. The van der Waals surface area contributed by atoms with Gasteiger partial charge in [-0.25, -0.2) is 0 Å². The minimum absolute atomic E-state index is 0.356. The van der Waals surface area contributed by atoms with Crippen LogP contribution in [0.4, 0.5) is 0 Å². The largest absolute Gasteiger partial charge is 0.372 e. The third-order valence-electron chi connectivity index (χ3n) is 2.87. The summed E-state index contributed by atoms with van der Waals surface area (Å²) in [6, 6.07) is 2.37. The molecule has 0 aromatic rings. The molecule has 0 bridgehead atoms. The van der Waals surface area contributed by atoms with Gasteiger partial charge in [0.05, 0.1) is 18.3 Å². The molecule has 3 heteroatoms. The second-order valence-corrected chi connectivity index (χ2v) is 3.98. The van der Waals surface area contributed by atoms with E-state index >= 15 is 0 Å². The van der Waals surface area contributed by atoms with Crippen molar-refractivity contribution in [3.8, 4) is 6.07 Å². The van der Waals surface area contributed by atoms with E-state index in [9.17, 15) is 0 Å². The Morgan fingerprint density at radius 3 is 2.17 bits per heavy atom. The van der Waals surface area contributed by atoms with Crippen LogP contribution >= 0.6 is 0 Å². The summed E-state index contributed by atoms with van der Waals surface area (Å²) in [5.74, 6) is 0. The first kappa shape index (κ1) is 9.50. The average molecular weight is 168 g/mol. The van der Waals surface area contributed by atoms with E-state index in [2.05, 4.69) is 6.07 Å². The summed E-state index contributed by atoms with van der Waals surface area (Å²) >= 11 is 0. The van der Waals surface area contributed by atoms with Crippen molar-refractivity contribution in [1.82, 2.24) is 4.90 Å². The van der Waals surface area contributed by atoms with Crippen LogP contribution in [0.1, 0.15) is 20.3 Å². The molecule has 0 spiro atoms. The molecular formula is C9H16N2O. The van der Waals surface area contributed by atoms with Gasteiger partial charge in [-0.3, -0.25) is 4.90 Å². The summed E-state index contributed by atoms with van der Waals surface area (Å²) in [5, 5.41) is 9.15. The molecule has 68 valence electrons. The van der Waals surface area contributed by atoms with Gasteiger partial charge in [-0.2, -0.15) is 5.26 Å². The molecule has 0 N–H and O–H groups in total. The van der Waals surface area contributed by atoms with Crippen molar-refractivity contribution < 1.29 is 4.74 Å². The normalized spacial score (nSPS) is 33.7. The lowest BCUT2D eigenvalue weighted by Gasteiger charge is -2.39. The first-order chi connectivity index (χ1) is 5.46. The van der Waals surface area contributed by atoms with Crippen molar-refractivity contribution in [2.24, 2.45) is 0 Å². The van der Waals surface area contributed by atoms with Crippen molar-refractivity contribution in [3.05, 3.63) is 0 Å². The first-order valence-corrected chi connectivity index (χ1v) is 4.19. The van der Waals surface area contributed by atoms with Crippen LogP contribution in [0, 0.1) is 11.3 Å². The van der Waals surface area contributed by atoms with Crippen molar-refractivity contribution in [2.75, 3.05) is 20.7 Å². The number of likely N-dealkylation sites (N-methyl/N-ethyl adjacent to an activating group) is 1. The third-order valence-corrected chi connectivity index (χ3v) is 2.87. The van der Waals surface area contributed by atoms with E-state index in [4.69, 9.17) is 10.00 Å². The number of hydrogen-bond acceptors (Lipinski definition) is 3. The molecule has 1 aliphatic rings. The number of nitrogens with zero attached hydrogens (tertiary/aromatic N) is 2. The lowest BCUT2D eigenvalue weighted by atomic mass is 9.82. The Hall–Kier alpha value is -0.590. The van der Waals surface area contributed by atoms with E-state index in [1.807, 2.05) is 32.8 Å². The Balaban J connectivity index is 3.02. The van der Waals surface area contributed by atoms with E-state index in [1.54, 1.807) is 0 Å². The summed E-state index contributed by atoms with van der Waals surface area (Å²) < 4.78 is 5.54. The zero-order valence-corrected chi connectivity index (χ0v) is 8.22. The van der Waals surface area contributed by atoms with Crippen LogP contribution in [0.5, 0.6) is 0 Å². The maximum absolute atomic E-state index is 9.15. The molecule has 1 atom stereocenters. The van der Waals surface area contributed by atoms with Crippen LogP contribution in [0.3, 0.4) is 0 Å². The molecular weight excluding hydrogens is 152 g/mol. The standard InChI is InChI=1S/C9H16N2O/c1-8(2)9(7-10,11(3)4)5-6-12-8/h5-6H2,1-4H3. The minimum atomic E-state index is -0.451. The fraction of sp³-hybridized carbons (Fsp3) is 0.889. The maximum Gasteiger partial charge on any atom is 0.139 e. The van der Waals surface area contributed by atoms with E-state index in [-0.39, 0.29) is 5.60 Å². The summed E-state index contributed by atoms with van der Waals surface area (Å²) in [7, 11) is 3.86. The lowest BCUT2D eigenvalue weighted by molar-refractivity contribution is -0.0244. The van der Waals surface area contributed by atoms with E-state index in [0.29, 0.717) is 6.61 Å². The van der Waals surface area contributed by atoms with E-state index in [1.165, 1.54) is 0 Å². The van der Waals surface area contributed by atoms with E-state index < -0.39 is 5.54 Å². The molecule has 0 aliphatic carbocycles. The van der Waals surface area contributed by atoms with Crippen molar-refractivity contribution >= 4 is 0 Å². The van der Waals surface area contributed by atoms with Gasteiger partial charge < -0.3 is 4.74 Å². The van der Waals surface area contributed by atoms with Crippen LogP contribution in [-0.4, -0.2) is 36.7 Å². The predicted octanol–water partition coefficient (Wildman–Crippen LogP) is 1.01. The highest BCUT2D eigenvalue weighted by atomic mass is 16.5. The molecule has 1 rings (SSSR count). The number of rotatable bonds is 1. The second kappa shape index (κ2) is 2.72. The lowest BCUT2D eigenvalue weighted by Crippen LogP contribution is -2.55. The SMILES string of the molecule is CN(C)C1(C#N)CCOC1(C)C. The molecule has 1 heterocycles. The highest BCUT2D eigenvalue weighted by molar-refractivity contribution is 5.19. The number of hydrogen-bond donors (Lipinski definition) is 0. The molecule has 1 saturated heterocycles. The zero-order chi connectivity index (χ0) is 9.41. The average Bonchev–Trinajstić information content (AvgIpc) is 2.25. The van der Waals surface area contributed by atoms with E-state index in [0.717, 1.165) is 6.42 Å². The van der Waals surface area contributed by atoms with Crippen LogP contribution in [-0.2, 0) is 4.74 Å². The maximum atomic E-state index is 9.15.